The number of carbonyl (C=O) groups excluding carboxylic acids is 1. The number of likely N-dealkylation sites (tertiary alicyclic amines) is 1. The summed E-state index contributed by atoms with van der Waals surface area (Å²) in [6, 6.07) is 0. The molecule has 1 unspecified atom stereocenters. The van der Waals surface area contributed by atoms with Crippen LogP contribution in [0.1, 0.15) is 39.0 Å². The number of nitrogens with zero attached hydrogens (tertiary/aromatic N) is 1. The number of amides is 1. The Bertz CT molecular complexity index is 219. The SMILES string of the molecule is CCN1CCC2(CCCCCN2)C1=O. The Hall–Kier alpha value is -0.570. The van der Waals surface area contributed by atoms with Gasteiger partial charge in [-0.25, -0.2) is 0 Å². The van der Waals surface area contributed by atoms with Gasteiger partial charge in [-0.3, -0.25) is 4.79 Å². The van der Waals surface area contributed by atoms with Gasteiger partial charge in [0.2, 0.25) is 5.91 Å². The van der Waals surface area contributed by atoms with Crippen molar-refractivity contribution >= 4 is 5.91 Å². The average Bonchev–Trinajstić information content (AvgIpc) is 2.41. The van der Waals surface area contributed by atoms with Gasteiger partial charge >= 0.3 is 0 Å². The fourth-order valence-electron chi connectivity index (χ4n) is 2.68. The van der Waals surface area contributed by atoms with Crippen molar-refractivity contribution < 1.29 is 4.79 Å². The van der Waals surface area contributed by atoms with Crippen molar-refractivity contribution in [2.45, 2.75) is 44.6 Å². The van der Waals surface area contributed by atoms with Crippen LogP contribution in [0.5, 0.6) is 0 Å². The molecule has 80 valence electrons. The van der Waals surface area contributed by atoms with Crippen molar-refractivity contribution in [1.82, 2.24) is 10.2 Å². The minimum atomic E-state index is -0.174. The maximum absolute atomic E-state index is 12.1. The first-order valence-corrected chi connectivity index (χ1v) is 5.83. The van der Waals surface area contributed by atoms with E-state index in [1.165, 1.54) is 19.3 Å². The third-order valence-corrected chi connectivity index (χ3v) is 3.63. The minimum absolute atomic E-state index is 0.174. The van der Waals surface area contributed by atoms with Gasteiger partial charge < -0.3 is 10.2 Å². The fraction of sp³-hybridized carbons (Fsp3) is 0.909. The van der Waals surface area contributed by atoms with Crippen LogP contribution in [0.4, 0.5) is 0 Å². The van der Waals surface area contributed by atoms with Crippen molar-refractivity contribution in [3.8, 4) is 0 Å². The molecule has 14 heavy (non-hydrogen) atoms. The lowest BCUT2D eigenvalue weighted by atomic mass is 9.92. The highest BCUT2D eigenvalue weighted by Crippen LogP contribution is 2.30. The Labute approximate surface area is 85.8 Å². The van der Waals surface area contributed by atoms with Crippen molar-refractivity contribution in [2.24, 2.45) is 0 Å². The Morgan fingerprint density at radius 1 is 1.36 bits per heavy atom. The molecule has 1 atom stereocenters. The van der Waals surface area contributed by atoms with Gasteiger partial charge in [-0.2, -0.15) is 0 Å². The molecule has 2 fully saturated rings. The van der Waals surface area contributed by atoms with Crippen LogP contribution in [-0.4, -0.2) is 36.0 Å². The zero-order chi connectivity index (χ0) is 10.0. The zero-order valence-electron chi connectivity index (χ0n) is 9.01. The summed E-state index contributed by atoms with van der Waals surface area (Å²) in [5.74, 6) is 0.349. The van der Waals surface area contributed by atoms with E-state index in [2.05, 4.69) is 12.2 Å². The van der Waals surface area contributed by atoms with E-state index in [-0.39, 0.29) is 5.54 Å². The van der Waals surface area contributed by atoms with Crippen molar-refractivity contribution in [2.75, 3.05) is 19.6 Å². The molecule has 0 aromatic rings. The van der Waals surface area contributed by atoms with Crippen molar-refractivity contribution in [1.29, 1.82) is 0 Å². The second-order valence-electron chi connectivity index (χ2n) is 4.45. The van der Waals surface area contributed by atoms with Crippen LogP contribution in [0.15, 0.2) is 0 Å². The van der Waals surface area contributed by atoms with Crippen LogP contribution >= 0.6 is 0 Å². The van der Waals surface area contributed by atoms with E-state index in [4.69, 9.17) is 0 Å². The van der Waals surface area contributed by atoms with E-state index < -0.39 is 0 Å². The molecule has 2 heterocycles. The summed E-state index contributed by atoms with van der Waals surface area (Å²) in [6.45, 7) is 4.89. The largest absolute Gasteiger partial charge is 0.341 e. The first-order valence-electron chi connectivity index (χ1n) is 5.83. The molecule has 0 saturated carbocycles. The maximum atomic E-state index is 12.1. The van der Waals surface area contributed by atoms with Gasteiger partial charge in [-0.15, -0.1) is 0 Å². The smallest absolute Gasteiger partial charge is 0.242 e. The summed E-state index contributed by atoms with van der Waals surface area (Å²) in [7, 11) is 0. The highest BCUT2D eigenvalue weighted by Gasteiger charge is 2.45. The van der Waals surface area contributed by atoms with E-state index in [1.807, 2.05) is 4.90 Å². The number of likely N-dealkylation sites (N-methyl/N-ethyl adjacent to an activating group) is 1. The lowest BCUT2D eigenvalue weighted by Gasteiger charge is -2.27. The average molecular weight is 196 g/mol. The summed E-state index contributed by atoms with van der Waals surface area (Å²) in [4.78, 5) is 14.1. The Morgan fingerprint density at radius 2 is 2.21 bits per heavy atom. The number of rotatable bonds is 1. The molecule has 0 radical (unpaired) electrons. The summed E-state index contributed by atoms with van der Waals surface area (Å²) < 4.78 is 0. The van der Waals surface area contributed by atoms with E-state index >= 15 is 0 Å². The molecule has 1 spiro atoms. The second-order valence-corrected chi connectivity index (χ2v) is 4.45. The minimum Gasteiger partial charge on any atom is -0.341 e. The summed E-state index contributed by atoms with van der Waals surface area (Å²) in [5, 5.41) is 3.48. The van der Waals surface area contributed by atoms with Crippen LogP contribution in [0, 0.1) is 0 Å². The van der Waals surface area contributed by atoms with Gasteiger partial charge in [0.05, 0.1) is 5.54 Å². The van der Waals surface area contributed by atoms with Crippen LogP contribution in [0.2, 0.25) is 0 Å². The second kappa shape index (κ2) is 3.89. The van der Waals surface area contributed by atoms with Gasteiger partial charge in [0.1, 0.15) is 0 Å². The van der Waals surface area contributed by atoms with Crippen LogP contribution in [0.3, 0.4) is 0 Å². The molecule has 2 saturated heterocycles. The van der Waals surface area contributed by atoms with Crippen LogP contribution in [0.25, 0.3) is 0 Å². The number of hydrogen-bond acceptors (Lipinski definition) is 2. The fourth-order valence-corrected chi connectivity index (χ4v) is 2.68. The topological polar surface area (TPSA) is 32.3 Å². The Kier molecular flexibility index (Phi) is 2.77. The first kappa shape index (κ1) is 9.97. The highest BCUT2D eigenvalue weighted by molar-refractivity contribution is 5.88. The molecule has 2 aliphatic rings. The van der Waals surface area contributed by atoms with Crippen LogP contribution in [-0.2, 0) is 4.79 Å². The quantitative estimate of drug-likeness (QED) is 0.682. The Balaban J connectivity index is 2.11. The molecular formula is C11H20N2O. The molecule has 0 aliphatic carbocycles. The predicted molar refractivity (Wildman–Crippen MR) is 56.1 cm³/mol. The standard InChI is InChI=1S/C11H20N2O/c1-2-13-9-7-11(10(13)14)6-4-3-5-8-12-11/h12H,2-9H2,1H3. The normalized spacial score (nSPS) is 33.8. The van der Waals surface area contributed by atoms with Gasteiger partial charge in [-0.05, 0) is 32.7 Å². The van der Waals surface area contributed by atoms with Crippen molar-refractivity contribution in [3.63, 3.8) is 0 Å². The number of carbonyl (C=O) groups is 1. The molecule has 1 amide bonds. The highest BCUT2D eigenvalue weighted by atomic mass is 16.2. The van der Waals surface area contributed by atoms with Gasteiger partial charge in [0.15, 0.2) is 0 Å². The van der Waals surface area contributed by atoms with Crippen molar-refractivity contribution in [3.05, 3.63) is 0 Å². The third kappa shape index (κ3) is 1.54. The van der Waals surface area contributed by atoms with E-state index in [0.29, 0.717) is 5.91 Å². The molecular weight excluding hydrogens is 176 g/mol. The van der Waals surface area contributed by atoms with Gasteiger partial charge in [0.25, 0.3) is 0 Å². The molecule has 2 rings (SSSR count). The molecule has 0 bridgehead atoms. The Morgan fingerprint density at radius 3 is 2.93 bits per heavy atom. The van der Waals surface area contributed by atoms with Gasteiger partial charge in [-0.1, -0.05) is 12.8 Å². The molecule has 3 heteroatoms. The van der Waals surface area contributed by atoms with Gasteiger partial charge in [0, 0.05) is 13.1 Å². The summed E-state index contributed by atoms with van der Waals surface area (Å²) in [5.41, 5.74) is -0.174. The predicted octanol–water partition coefficient (Wildman–Crippen LogP) is 1.14. The van der Waals surface area contributed by atoms with E-state index in [9.17, 15) is 4.79 Å². The lowest BCUT2D eigenvalue weighted by Crippen LogP contribution is -2.51. The first-order chi connectivity index (χ1) is 6.78. The number of nitrogens with one attached hydrogen (secondary N) is 1. The molecule has 2 aliphatic heterocycles. The third-order valence-electron chi connectivity index (χ3n) is 3.63. The maximum Gasteiger partial charge on any atom is 0.242 e. The van der Waals surface area contributed by atoms with E-state index in [0.717, 1.165) is 32.5 Å². The lowest BCUT2D eigenvalue weighted by molar-refractivity contribution is -0.133. The summed E-state index contributed by atoms with van der Waals surface area (Å²) >= 11 is 0. The molecule has 0 aromatic carbocycles. The molecule has 0 aromatic heterocycles. The monoisotopic (exact) mass is 196 g/mol. The summed E-state index contributed by atoms with van der Waals surface area (Å²) in [6.07, 6.45) is 5.76. The molecule has 1 N–H and O–H groups in total. The van der Waals surface area contributed by atoms with E-state index in [1.54, 1.807) is 0 Å². The zero-order valence-corrected chi connectivity index (χ0v) is 9.01. The number of hydrogen-bond donors (Lipinski definition) is 1. The van der Waals surface area contributed by atoms with Crippen LogP contribution < -0.4 is 5.32 Å². The molecule has 3 nitrogen and oxygen atoms in total.